The minimum absolute atomic E-state index is 0.105. The van der Waals surface area contributed by atoms with Crippen molar-refractivity contribution in [2.45, 2.75) is 115 Å². The van der Waals surface area contributed by atoms with Crippen LogP contribution in [0.15, 0.2) is 60.7 Å². The fraction of sp³-hybridized carbons (Fsp3) is 0.558. The molecule has 4 heteroatoms. The summed E-state index contributed by atoms with van der Waals surface area (Å²) in [5, 5.41) is 10.8. The number of hydrogen-bond acceptors (Lipinski definition) is 4. The standard InChI is InChI=1S/C43H50O4/c1-42-22-20-31-29-11-9-28(24-27(29)8-10-33(31)36(42)15-18-39(42)44)47-41-35-13-12-34-32(21-23-43(2)37(34)16-19-40(43)45)30(35)14-17-38(41)46-25-26-6-4-3-5-7-26/h3-7,9,11,14,17,24,31-34,36-37,39,44H,8,10,12-13,15-16,18-23,25H2,1-2H3/t31-,32-,33-,34-,36+,37+,39+,42+,43+/m1/s1. The molecule has 6 aliphatic carbocycles. The van der Waals surface area contributed by atoms with E-state index in [-0.39, 0.29) is 16.9 Å². The summed E-state index contributed by atoms with van der Waals surface area (Å²) in [6, 6.07) is 21.8. The first-order chi connectivity index (χ1) is 22.8. The summed E-state index contributed by atoms with van der Waals surface area (Å²) >= 11 is 0. The topological polar surface area (TPSA) is 55.8 Å². The van der Waals surface area contributed by atoms with Crippen molar-refractivity contribution in [3.05, 3.63) is 88.5 Å². The predicted molar refractivity (Wildman–Crippen MR) is 184 cm³/mol. The summed E-state index contributed by atoms with van der Waals surface area (Å²) in [7, 11) is 0. The quantitative estimate of drug-likeness (QED) is 0.305. The van der Waals surface area contributed by atoms with Gasteiger partial charge in [-0.3, -0.25) is 4.79 Å². The van der Waals surface area contributed by atoms with Crippen LogP contribution in [0.4, 0.5) is 0 Å². The van der Waals surface area contributed by atoms with Gasteiger partial charge in [-0.2, -0.15) is 0 Å². The average molecular weight is 631 g/mol. The van der Waals surface area contributed by atoms with Crippen molar-refractivity contribution < 1.29 is 19.4 Å². The van der Waals surface area contributed by atoms with Crippen LogP contribution in [0, 0.1) is 34.5 Å². The van der Waals surface area contributed by atoms with Crippen molar-refractivity contribution in [1.29, 1.82) is 0 Å². The van der Waals surface area contributed by atoms with Crippen molar-refractivity contribution in [2.24, 2.45) is 34.5 Å². The molecule has 3 aromatic carbocycles. The summed E-state index contributed by atoms with van der Waals surface area (Å²) in [6.45, 7) is 5.12. The molecule has 0 spiro atoms. The average Bonchev–Trinajstić information content (AvgIpc) is 3.58. The van der Waals surface area contributed by atoms with Gasteiger partial charge in [0.1, 0.15) is 18.1 Å². The van der Waals surface area contributed by atoms with Crippen LogP contribution in [0.5, 0.6) is 17.2 Å². The van der Waals surface area contributed by atoms with Crippen LogP contribution in [0.1, 0.15) is 118 Å². The second-order valence-corrected chi connectivity index (χ2v) is 16.6. The fourth-order valence-electron chi connectivity index (χ4n) is 12.1. The monoisotopic (exact) mass is 630 g/mol. The Morgan fingerprint density at radius 1 is 0.766 bits per heavy atom. The molecule has 0 amide bonds. The third kappa shape index (κ3) is 4.67. The van der Waals surface area contributed by atoms with Crippen LogP contribution in [0.3, 0.4) is 0 Å². The molecule has 4 saturated carbocycles. The first-order valence-electron chi connectivity index (χ1n) is 18.7. The van der Waals surface area contributed by atoms with Gasteiger partial charge in [-0.15, -0.1) is 0 Å². The molecular formula is C43H50O4. The molecule has 1 N–H and O–H groups in total. The number of ketones is 1. The Hall–Kier alpha value is -3.11. The molecule has 6 aliphatic rings. The van der Waals surface area contributed by atoms with E-state index in [0.717, 1.165) is 80.6 Å². The molecule has 9 atom stereocenters. The van der Waals surface area contributed by atoms with Crippen LogP contribution in [0.25, 0.3) is 0 Å². The highest BCUT2D eigenvalue weighted by Crippen LogP contribution is 2.62. The number of aliphatic hydroxyl groups is 1. The zero-order valence-electron chi connectivity index (χ0n) is 28.2. The summed E-state index contributed by atoms with van der Waals surface area (Å²) in [4.78, 5) is 13.0. The van der Waals surface area contributed by atoms with Crippen LogP contribution in [0.2, 0.25) is 0 Å². The zero-order valence-corrected chi connectivity index (χ0v) is 28.2. The predicted octanol–water partition coefficient (Wildman–Crippen LogP) is 9.70. The minimum atomic E-state index is -0.130. The number of Topliss-reactive ketones (excluding diaryl/α,β-unsaturated/α-hetero) is 1. The van der Waals surface area contributed by atoms with Gasteiger partial charge in [-0.05, 0) is 152 Å². The zero-order chi connectivity index (χ0) is 31.9. The van der Waals surface area contributed by atoms with Crippen molar-refractivity contribution in [3.63, 3.8) is 0 Å². The third-order valence-electron chi connectivity index (χ3n) is 14.6. The lowest BCUT2D eigenvalue weighted by atomic mass is 9.55. The first-order valence-corrected chi connectivity index (χ1v) is 18.7. The maximum Gasteiger partial charge on any atom is 0.172 e. The molecule has 0 unspecified atom stereocenters. The van der Waals surface area contributed by atoms with E-state index in [0.29, 0.717) is 47.9 Å². The van der Waals surface area contributed by atoms with Crippen molar-refractivity contribution in [1.82, 2.24) is 0 Å². The van der Waals surface area contributed by atoms with Gasteiger partial charge in [0.15, 0.2) is 11.5 Å². The lowest BCUT2D eigenvalue weighted by Gasteiger charge is -2.50. The Bertz CT molecular complexity index is 1700. The van der Waals surface area contributed by atoms with Crippen molar-refractivity contribution in [2.75, 3.05) is 0 Å². The molecule has 9 rings (SSSR count). The molecule has 0 aliphatic heterocycles. The highest BCUT2D eigenvalue weighted by Gasteiger charge is 2.56. The Morgan fingerprint density at radius 3 is 2.40 bits per heavy atom. The fourth-order valence-corrected chi connectivity index (χ4v) is 12.1. The second kappa shape index (κ2) is 11.2. The summed E-state index contributed by atoms with van der Waals surface area (Å²) in [6.07, 6.45) is 12.6. The number of carbonyl (C=O) groups excluding carboxylic acids is 1. The van der Waals surface area contributed by atoms with Crippen LogP contribution in [-0.4, -0.2) is 17.0 Å². The molecule has 0 radical (unpaired) electrons. The van der Waals surface area contributed by atoms with Crippen molar-refractivity contribution in [3.8, 4) is 17.2 Å². The highest BCUT2D eigenvalue weighted by molar-refractivity contribution is 5.87. The number of carbonyl (C=O) groups is 1. The van der Waals surface area contributed by atoms with Crippen LogP contribution in [-0.2, 0) is 24.2 Å². The molecule has 47 heavy (non-hydrogen) atoms. The highest BCUT2D eigenvalue weighted by atomic mass is 16.5. The molecule has 3 aromatic rings. The van der Waals surface area contributed by atoms with E-state index in [2.05, 4.69) is 68.4 Å². The van der Waals surface area contributed by atoms with Gasteiger partial charge in [-0.25, -0.2) is 0 Å². The molecule has 246 valence electrons. The number of aryl methyl sites for hydroxylation is 1. The number of ether oxygens (including phenoxy) is 2. The first kappa shape index (κ1) is 30.0. The Balaban J connectivity index is 1.03. The Morgan fingerprint density at radius 2 is 1.53 bits per heavy atom. The SMILES string of the molecule is C[C@]12CC[C@@H]3c4ccc(Oc5c(OCc6ccccc6)ccc6c5CC[C@@H]5[C@@H]6CC[C@]6(C)C(=O)CC[C@@H]56)cc4CC[C@H]3[C@@H]1CC[C@@H]2O. The molecule has 4 nitrogen and oxygen atoms in total. The minimum Gasteiger partial charge on any atom is -0.485 e. The summed E-state index contributed by atoms with van der Waals surface area (Å²) < 4.78 is 13.5. The van der Waals surface area contributed by atoms with Gasteiger partial charge in [0.25, 0.3) is 0 Å². The Labute approximate surface area is 280 Å². The van der Waals surface area contributed by atoms with Gasteiger partial charge in [0.2, 0.25) is 0 Å². The lowest BCUT2D eigenvalue weighted by molar-refractivity contribution is -0.129. The summed E-state index contributed by atoms with van der Waals surface area (Å²) in [5.41, 5.74) is 6.84. The Kier molecular flexibility index (Phi) is 7.16. The molecular weight excluding hydrogens is 580 g/mol. The van der Waals surface area contributed by atoms with E-state index in [1.807, 2.05) is 6.07 Å². The number of benzene rings is 3. The second-order valence-electron chi connectivity index (χ2n) is 16.6. The van der Waals surface area contributed by atoms with Crippen LogP contribution < -0.4 is 9.47 Å². The molecule has 0 aromatic heterocycles. The molecule has 0 bridgehead atoms. The molecule has 4 fully saturated rings. The van der Waals surface area contributed by atoms with Gasteiger partial charge in [0, 0.05) is 17.4 Å². The van der Waals surface area contributed by atoms with Gasteiger partial charge < -0.3 is 14.6 Å². The lowest BCUT2D eigenvalue weighted by Crippen LogP contribution is -2.43. The molecule has 0 saturated heterocycles. The third-order valence-corrected chi connectivity index (χ3v) is 14.6. The van der Waals surface area contributed by atoms with Crippen molar-refractivity contribution >= 4 is 5.78 Å². The number of fused-ring (bicyclic) bond motifs is 10. The number of aliphatic hydroxyl groups excluding tert-OH is 1. The number of rotatable bonds is 5. The smallest absolute Gasteiger partial charge is 0.172 e. The van der Waals surface area contributed by atoms with E-state index in [1.165, 1.54) is 41.5 Å². The van der Waals surface area contributed by atoms with Gasteiger partial charge >= 0.3 is 0 Å². The maximum absolute atomic E-state index is 13.0. The number of hydrogen-bond donors (Lipinski definition) is 1. The van der Waals surface area contributed by atoms with E-state index in [4.69, 9.17) is 9.47 Å². The van der Waals surface area contributed by atoms with Gasteiger partial charge in [0.05, 0.1) is 6.10 Å². The van der Waals surface area contributed by atoms with E-state index >= 15 is 0 Å². The van der Waals surface area contributed by atoms with Gasteiger partial charge in [-0.1, -0.05) is 56.3 Å². The van der Waals surface area contributed by atoms with E-state index in [1.54, 1.807) is 0 Å². The largest absolute Gasteiger partial charge is 0.485 e. The van der Waals surface area contributed by atoms with E-state index in [9.17, 15) is 9.90 Å². The molecule has 0 heterocycles. The maximum atomic E-state index is 13.0. The van der Waals surface area contributed by atoms with E-state index < -0.39 is 0 Å². The normalized spacial score (nSPS) is 36.7. The van der Waals surface area contributed by atoms with Crippen LogP contribution >= 0.6 is 0 Å². The summed E-state index contributed by atoms with van der Waals surface area (Å²) in [5.74, 6) is 6.64.